The molecule has 0 spiro atoms. The van der Waals surface area contributed by atoms with Crippen LogP contribution >= 0.6 is 0 Å². The van der Waals surface area contributed by atoms with Gasteiger partial charge in [-0.2, -0.15) is 0 Å². The fourth-order valence-electron chi connectivity index (χ4n) is 3.20. The molecule has 0 radical (unpaired) electrons. The smallest absolute Gasteiger partial charge is 0.407 e. The third kappa shape index (κ3) is 3.33. The summed E-state index contributed by atoms with van der Waals surface area (Å²) in [4.78, 5) is 36.9. The van der Waals surface area contributed by atoms with Crippen LogP contribution in [0.3, 0.4) is 0 Å². The molecule has 1 aliphatic carbocycles. The average molecular weight is 315 g/mol. The number of nitrogens with one attached hydrogen (secondary N) is 1. The van der Waals surface area contributed by atoms with Crippen molar-refractivity contribution in [2.24, 2.45) is 5.41 Å². The van der Waals surface area contributed by atoms with Gasteiger partial charge in [0.1, 0.15) is 23.6 Å². The Morgan fingerprint density at radius 2 is 2.09 bits per heavy atom. The number of carbonyl (C=O) groups excluding carboxylic acids is 3. The second-order valence-corrected chi connectivity index (χ2v) is 5.68. The van der Waals surface area contributed by atoms with E-state index in [2.05, 4.69) is 11.9 Å². The van der Waals surface area contributed by atoms with Crippen molar-refractivity contribution < 1.29 is 19.1 Å². The maximum atomic E-state index is 12.5. The quantitative estimate of drug-likeness (QED) is 0.647. The third-order valence-electron chi connectivity index (χ3n) is 4.32. The largest absolute Gasteiger partial charge is 0.445 e. The van der Waals surface area contributed by atoms with Gasteiger partial charge in [-0.15, -0.1) is 0 Å². The first-order valence-electron chi connectivity index (χ1n) is 7.66. The number of amides is 1. The molecule has 5 nitrogen and oxygen atoms in total. The Morgan fingerprint density at radius 3 is 2.61 bits per heavy atom. The average Bonchev–Trinajstić information content (AvgIpc) is 2.94. The fourth-order valence-corrected chi connectivity index (χ4v) is 3.20. The highest BCUT2D eigenvalue weighted by Gasteiger charge is 2.53. The Kier molecular flexibility index (Phi) is 5.32. The van der Waals surface area contributed by atoms with E-state index in [1.54, 1.807) is 12.1 Å². The van der Waals surface area contributed by atoms with Gasteiger partial charge in [0.2, 0.25) is 0 Å². The molecule has 0 aliphatic heterocycles. The Morgan fingerprint density at radius 1 is 1.39 bits per heavy atom. The van der Waals surface area contributed by atoms with E-state index in [0.717, 1.165) is 0 Å². The van der Waals surface area contributed by atoms with Crippen LogP contribution in [0, 0.1) is 5.41 Å². The first kappa shape index (κ1) is 16.9. The highest BCUT2D eigenvalue weighted by Crippen LogP contribution is 2.46. The molecule has 0 bridgehead atoms. The van der Waals surface area contributed by atoms with Gasteiger partial charge in [-0.3, -0.25) is 9.59 Å². The van der Waals surface area contributed by atoms with Gasteiger partial charge in [-0.1, -0.05) is 43.0 Å². The lowest BCUT2D eigenvalue weighted by atomic mass is 9.72. The van der Waals surface area contributed by atoms with Crippen LogP contribution in [0.4, 0.5) is 4.79 Å². The third-order valence-corrected chi connectivity index (χ3v) is 4.32. The maximum absolute atomic E-state index is 12.5. The van der Waals surface area contributed by atoms with Crippen molar-refractivity contribution in [3.8, 4) is 0 Å². The molecule has 0 aromatic heterocycles. The van der Waals surface area contributed by atoms with Gasteiger partial charge in [-0.25, -0.2) is 4.79 Å². The van der Waals surface area contributed by atoms with Crippen molar-refractivity contribution in [3.05, 3.63) is 48.6 Å². The predicted molar refractivity (Wildman–Crippen MR) is 85.8 cm³/mol. The molecule has 1 aromatic rings. The van der Waals surface area contributed by atoms with E-state index in [-0.39, 0.29) is 18.2 Å². The summed E-state index contributed by atoms with van der Waals surface area (Å²) in [7, 11) is 0. The first-order chi connectivity index (χ1) is 11.0. The molecule has 5 heteroatoms. The van der Waals surface area contributed by atoms with Gasteiger partial charge in [0.05, 0.1) is 6.04 Å². The van der Waals surface area contributed by atoms with Crippen molar-refractivity contribution in [2.45, 2.75) is 32.2 Å². The lowest BCUT2D eigenvalue weighted by Gasteiger charge is -2.34. The molecule has 122 valence electrons. The fraction of sp³-hybridized carbons (Fsp3) is 0.389. The molecular weight excluding hydrogens is 294 g/mol. The summed E-state index contributed by atoms with van der Waals surface area (Å²) in [5.74, 6) is -0.347. The van der Waals surface area contributed by atoms with Crippen LogP contribution in [-0.2, 0) is 14.3 Å². The number of rotatable bonds is 6. The summed E-state index contributed by atoms with van der Waals surface area (Å²) in [6.07, 6.45) is 2.22. The number of carbonyl (C=O) groups is 3. The van der Waals surface area contributed by atoms with Crippen LogP contribution in [-0.4, -0.2) is 24.3 Å². The first-order valence-corrected chi connectivity index (χ1v) is 7.66. The van der Waals surface area contributed by atoms with Gasteiger partial charge < -0.3 is 10.1 Å². The lowest BCUT2D eigenvalue weighted by molar-refractivity contribution is -0.139. The molecule has 1 aliphatic rings. The number of hydrogen-bond donors (Lipinski definition) is 1. The molecule has 1 saturated carbocycles. The predicted octanol–water partition coefficient (Wildman–Crippen LogP) is 2.97. The van der Waals surface area contributed by atoms with Crippen molar-refractivity contribution in [1.29, 1.82) is 0 Å². The molecular formula is C18H21NO4. The number of ether oxygens (including phenoxy) is 1. The monoisotopic (exact) mass is 315 g/mol. The molecule has 0 unspecified atom stereocenters. The zero-order chi connectivity index (χ0) is 16.9. The maximum Gasteiger partial charge on any atom is 0.407 e. The summed E-state index contributed by atoms with van der Waals surface area (Å²) in [6.45, 7) is 4.96. The van der Waals surface area contributed by atoms with E-state index in [9.17, 15) is 14.4 Å². The molecule has 23 heavy (non-hydrogen) atoms. The second kappa shape index (κ2) is 7.22. The van der Waals surface area contributed by atoms with Crippen LogP contribution in [0.25, 0.3) is 0 Å². The molecule has 1 aromatic carbocycles. The Labute approximate surface area is 135 Å². The van der Waals surface area contributed by atoms with E-state index in [0.29, 0.717) is 24.8 Å². The zero-order valence-corrected chi connectivity index (χ0v) is 13.2. The summed E-state index contributed by atoms with van der Waals surface area (Å²) < 4.78 is 4.97. The van der Waals surface area contributed by atoms with Crippen molar-refractivity contribution >= 4 is 17.7 Å². The highest BCUT2D eigenvalue weighted by atomic mass is 16.5. The second-order valence-electron chi connectivity index (χ2n) is 5.68. The number of alkyl carbamates (subject to hydrolysis) is 1. The minimum Gasteiger partial charge on any atom is -0.445 e. The van der Waals surface area contributed by atoms with Gasteiger partial charge in [0.25, 0.3) is 0 Å². The Balaban J connectivity index is 2.40. The normalized spacial score (nSPS) is 21.5. The van der Waals surface area contributed by atoms with Gasteiger partial charge in [-0.05, 0) is 25.3 Å². The number of hydrogen-bond acceptors (Lipinski definition) is 4. The number of ketones is 2. The van der Waals surface area contributed by atoms with Crippen molar-refractivity contribution in [3.63, 3.8) is 0 Å². The molecule has 0 heterocycles. The zero-order valence-electron chi connectivity index (χ0n) is 13.2. The topological polar surface area (TPSA) is 72.5 Å². The van der Waals surface area contributed by atoms with Crippen LogP contribution in [0.5, 0.6) is 0 Å². The Bertz CT molecular complexity index is 611. The minimum atomic E-state index is -1.21. The van der Waals surface area contributed by atoms with E-state index >= 15 is 0 Å². The summed E-state index contributed by atoms with van der Waals surface area (Å²) in [5, 5.41) is 2.71. The van der Waals surface area contributed by atoms with E-state index in [1.165, 1.54) is 13.0 Å². The summed E-state index contributed by atoms with van der Waals surface area (Å²) >= 11 is 0. The number of benzene rings is 1. The van der Waals surface area contributed by atoms with Crippen molar-refractivity contribution in [1.82, 2.24) is 5.32 Å². The molecule has 1 amide bonds. The van der Waals surface area contributed by atoms with Crippen LogP contribution in [0.1, 0.15) is 37.8 Å². The summed E-state index contributed by atoms with van der Waals surface area (Å²) in [6, 6.07) is 8.34. The van der Waals surface area contributed by atoms with E-state index in [4.69, 9.17) is 4.74 Å². The lowest BCUT2D eigenvalue weighted by Crippen LogP contribution is -2.48. The SMILES string of the molecule is C=CCOC(=O)N[C@@H](c1ccccc1)[C@]1(C(C)=O)CCCC1=O. The van der Waals surface area contributed by atoms with Gasteiger partial charge >= 0.3 is 6.09 Å². The van der Waals surface area contributed by atoms with E-state index in [1.807, 2.05) is 18.2 Å². The molecule has 2 atom stereocenters. The molecule has 1 N–H and O–H groups in total. The van der Waals surface area contributed by atoms with Crippen LogP contribution in [0.15, 0.2) is 43.0 Å². The van der Waals surface area contributed by atoms with Gasteiger partial charge in [0, 0.05) is 6.42 Å². The minimum absolute atomic E-state index is 0.0639. The van der Waals surface area contributed by atoms with E-state index < -0.39 is 17.6 Å². The van der Waals surface area contributed by atoms with Gasteiger partial charge in [0.15, 0.2) is 0 Å². The standard InChI is InChI=1S/C18H21NO4/c1-3-12-23-17(22)19-16(14-8-5-4-6-9-14)18(13(2)20)11-7-10-15(18)21/h3-6,8-9,16H,1,7,10-12H2,2H3,(H,19,22)/t16-,18-/m0/s1. The molecule has 1 fully saturated rings. The molecule has 2 rings (SSSR count). The van der Waals surface area contributed by atoms with Crippen LogP contribution in [0.2, 0.25) is 0 Å². The highest BCUT2D eigenvalue weighted by molar-refractivity contribution is 6.08. The number of Topliss-reactive ketones (excluding diaryl/α,β-unsaturated/α-hetero) is 2. The molecule has 0 saturated heterocycles. The van der Waals surface area contributed by atoms with Crippen molar-refractivity contribution in [2.75, 3.05) is 6.61 Å². The Hall–Kier alpha value is -2.43. The van der Waals surface area contributed by atoms with Crippen LogP contribution < -0.4 is 5.32 Å². The summed E-state index contributed by atoms with van der Waals surface area (Å²) in [5.41, 5.74) is -0.498.